The monoisotopic (exact) mass is 343 g/mol. The van der Waals surface area contributed by atoms with Crippen LogP contribution in [0.3, 0.4) is 0 Å². The van der Waals surface area contributed by atoms with Crippen molar-refractivity contribution in [3.8, 4) is 0 Å². The van der Waals surface area contributed by atoms with E-state index < -0.39 is 9.84 Å². The maximum Gasteiger partial charge on any atom is 0.328 e. The third-order valence-corrected chi connectivity index (χ3v) is 5.19. The molecule has 2 rings (SSSR count). The summed E-state index contributed by atoms with van der Waals surface area (Å²) in [6, 6.07) is -0.0356. The minimum Gasteiger partial charge on any atom is -0.315 e. The summed E-state index contributed by atoms with van der Waals surface area (Å²) in [6.07, 6.45) is 4.85. The molecule has 0 saturated heterocycles. The van der Waals surface area contributed by atoms with Gasteiger partial charge in [-0.15, -0.1) is 0 Å². The summed E-state index contributed by atoms with van der Waals surface area (Å²) >= 11 is 0. The van der Waals surface area contributed by atoms with Gasteiger partial charge in [-0.1, -0.05) is 25.9 Å². The number of aromatic nitrogens is 2. The molecule has 1 fully saturated rings. The highest BCUT2D eigenvalue weighted by atomic mass is 32.2. The van der Waals surface area contributed by atoms with Crippen molar-refractivity contribution in [1.29, 1.82) is 0 Å². The largest absolute Gasteiger partial charge is 0.328 e. The van der Waals surface area contributed by atoms with E-state index in [1.807, 2.05) is 0 Å². The van der Waals surface area contributed by atoms with Crippen LogP contribution >= 0.6 is 0 Å². The van der Waals surface area contributed by atoms with Crippen LogP contribution in [-0.2, 0) is 20.4 Å². The Kier molecular flexibility index (Phi) is 5.13. The first kappa shape index (κ1) is 17.9. The Morgan fingerprint density at radius 3 is 2.39 bits per heavy atom. The highest BCUT2D eigenvalue weighted by Gasteiger charge is 2.32. The lowest BCUT2D eigenvalue weighted by Gasteiger charge is -2.36. The fraction of sp³-hybridized carbons (Fsp3) is 0.800. The number of amides is 1. The van der Waals surface area contributed by atoms with E-state index in [1.165, 1.54) is 0 Å². The Balaban J connectivity index is 1.88. The van der Waals surface area contributed by atoms with Crippen LogP contribution in [0.5, 0.6) is 0 Å². The van der Waals surface area contributed by atoms with E-state index in [0.717, 1.165) is 31.9 Å². The van der Waals surface area contributed by atoms with Crippen LogP contribution in [0.1, 0.15) is 52.3 Å². The number of sulfone groups is 1. The number of carbonyl (C=O) groups excluding carboxylic acids is 1. The molecule has 0 aliphatic heterocycles. The Morgan fingerprint density at radius 1 is 1.26 bits per heavy atom. The van der Waals surface area contributed by atoms with E-state index in [-0.39, 0.29) is 34.8 Å². The molecule has 0 atom stereocenters. The molecule has 1 saturated carbocycles. The molecular weight excluding hydrogens is 318 g/mol. The second kappa shape index (κ2) is 6.59. The molecule has 7 nitrogen and oxygen atoms in total. The molecule has 0 spiro atoms. The molecule has 8 heteroatoms. The highest BCUT2D eigenvalue weighted by molar-refractivity contribution is 7.89. The first-order valence-corrected chi connectivity index (χ1v) is 9.92. The van der Waals surface area contributed by atoms with Crippen molar-refractivity contribution in [1.82, 2.24) is 10.1 Å². The fourth-order valence-electron chi connectivity index (χ4n) is 3.03. The Morgan fingerprint density at radius 2 is 1.87 bits per heavy atom. The van der Waals surface area contributed by atoms with Gasteiger partial charge >= 0.3 is 6.01 Å². The predicted octanol–water partition coefficient (Wildman–Crippen LogP) is 2.41. The number of carbonyl (C=O) groups is 1. The summed E-state index contributed by atoms with van der Waals surface area (Å²) in [4.78, 5) is 16.2. The summed E-state index contributed by atoms with van der Waals surface area (Å²) in [7, 11) is -3.23. The highest BCUT2D eigenvalue weighted by Crippen LogP contribution is 2.39. The SMILES string of the molecule is CC(C)(C)C1CCC(C(=O)Nc2nc(CS(C)(=O)=O)no2)CC1. The van der Waals surface area contributed by atoms with Gasteiger partial charge in [0.15, 0.2) is 15.7 Å². The summed E-state index contributed by atoms with van der Waals surface area (Å²) in [5, 5.41) is 6.16. The second-order valence-electron chi connectivity index (χ2n) is 7.49. The van der Waals surface area contributed by atoms with E-state index in [0.29, 0.717) is 5.92 Å². The number of anilines is 1. The molecular formula is C15H25N3O4S. The normalized spacial score (nSPS) is 22.8. The summed E-state index contributed by atoms with van der Waals surface area (Å²) in [5.74, 6) is 0.199. The average Bonchev–Trinajstić information content (AvgIpc) is 2.82. The standard InChI is InChI=1S/C15H25N3O4S/c1-15(2,3)11-7-5-10(6-8-11)13(19)17-14-16-12(18-22-14)9-23(4,20)21/h10-11H,5-9H2,1-4H3,(H,16,17,18,19). The smallest absolute Gasteiger partial charge is 0.315 e. The second-order valence-corrected chi connectivity index (χ2v) is 9.63. The van der Waals surface area contributed by atoms with Gasteiger partial charge in [0.1, 0.15) is 5.75 Å². The third kappa shape index (κ3) is 5.30. The topological polar surface area (TPSA) is 102 Å². The van der Waals surface area contributed by atoms with Crippen LogP contribution in [0.2, 0.25) is 0 Å². The zero-order valence-electron chi connectivity index (χ0n) is 14.1. The predicted molar refractivity (Wildman–Crippen MR) is 86.4 cm³/mol. The molecule has 0 aromatic carbocycles. The fourth-order valence-corrected chi connectivity index (χ4v) is 3.61. The van der Waals surface area contributed by atoms with Gasteiger partial charge in [-0.25, -0.2) is 8.42 Å². The van der Waals surface area contributed by atoms with Crippen LogP contribution in [0.15, 0.2) is 4.52 Å². The van der Waals surface area contributed by atoms with Crippen LogP contribution < -0.4 is 5.32 Å². The lowest BCUT2D eigenvalue weighted by molar-refractivity contribution is -0.121. The van der Waals surface area contributed by atoms with Crippen molar-refractivity contribution in [2.75, 3.05) is 11.6 Å². The molecule has 1 N–H and O–H groups in total. The molecule has 23 heavy (non-hydrogen) atoms. The Labute approximate surface area is 137 Å². The van der Waals surface area contributed by atoms with Crippen molar-refractivity contribution in [3.05, 3.63) is 5.82 Å². The molecule has 1 aliphatic rings. The van der Waals surface area contributed by atoms with Gasteiger partial charge in [-0.2, -0.15) is 4.98 Å². The molecule has 1 aliphatic carbocycles. The lowest BCUT2D eigenvalue weighted by Crippen LogP contribution is -2.31. The molecule has 130 valence electrons. The molecule has 1 aromatic heterocycles. The molecule has 1 aromatic rings. The minimum atomic E-state index is -3.23. The van der Waals surface area contributed by atoms with E-state index >= 15 is 0 Å². The summed E-state index contributed by atoms with van der Waals surface area (Å²) in [5.41, 5.74) is 0.272. The van der Waals surface area contributed by atoms with Gasteiger partial charge in [0.25, 0.3) is 0 Å². The zero-order chi connectivity index (χ0) is 17.3. The number of hydrogen-bond acceptors (Lipinski definition) is 6. The van der Waals surface area contributed by atoms with E-state index in [9.17, 15) is 13.2 Å². The zero-order valence-corrected chi connectivity index (χ0v) is 14.9. The Hall–Kier alpha value is -1.44. The molecule has 0 bridgehead atoms. The van der Waals surface area contributed by atoms with Gasteiger partial charge in [0.05, 0.1) is 0 Å². The number of rotatable bonds is 4. The van der Waals surface area contributed by atoms with Gasteiger partial charge in [0.2, 0.25) is 5.91 Å². The van der Waals surface area contributed by atoms with Gasteiger partial charge in [-0.3, -0.25) is 10.1 Å². The minimum absolute atomic E-state index is 0.0356. The quantitative estimate of drug-likeness (QED) is 0.900. The van der Waals surface area contributed by atoms with Crippen LogP contribution in [0, 0.1) is 17.3 Å². The van der Waals surface area contributed by atoms with Crippen LogP contribution in [0.4, 0.5) is 6.01 Å². The first-order valence-electron chi connectivity index (χ1n) is 7.86. The van der Waals surface area contributed by atoms with E-state index in [4.69, 9.17) is 4.52 Å². The number of hydrogen-bond donors (Lipinski definition) is 1. The maximum absolute atomic E-state index is 12.3. The van der Waals surface area contributed by atoms with Gasteiger partial charge in [-0.05, 0) is 37.0 Å². The van der Waals surface area contributed by atoms with E-state index in [2.05, 4.69) is 36.2 Å². The van der Waals surface area contributed by atoms with Crippen LogP contribution in [-0.4, -0.2) is 30.7 Å². The molecule has 0 radical (unpaired) electrons. The van der Waals surface area contributed by atoms with E-state index in [1.54, 1.807) is 0 Å². The molecule has 1 heterocycles. The number of nitrogens with one attached hydrogen (secondary N) is 1. The summed E-state index contributed by atoms with van der Waals surface area (Å²) in [6.45, 7) is 6.71. The maximum atomic E-state index is 12.3. The van der Waals surface area contributed by atoms with Crippen molar-refractivity contribution in [2.45, 2.75) is 52.2 Å². The van der Waals surface area contributed by atoms with Crippen LogP contribution in [0.25, 0.3) is 0 Å². The molecule has 0 unspecified atom stereocenters. The van der Waals surface area contributed by atoms with Gasteiger partial charge in [0, 0.05) is 12.2 Å². The van der Waals surface area contributed by atoms with Crippen molar-refractivity contribution in [2.24, 2.45) is 17.3 Å². The van der Waals surface area contributed by atoms with Gasteiger partial charge < -0.3 is 4.52 Å². The van der Waals surface area contributed by atoms with Crippen molar-refractivity contribution < 1.29 is 17.7 Å². The first-order chi connectivity index (χ1) is 10.5. The average molecular weight is 343 g/mol. The number of nitrogens with zero attached hydrogens (tertiary/aromatic N) is 2. The molecule has 1 amide bonds. The lowest BCUT2D eigenvalue weighted by atomic mass is 9.70. The van der Waals surface area contributed by atoms with Crippen molar-refractivity contribution >= 4 is 21.8 Å². The Bertz CT molecular complexity index is 653. The summed E-state index contributed by atoms with van der Waals surface area (Å²) < 4.78 is 27.3. The third-order valence-electron chi connectivity index (χ3n) is 4.41. The van der Waals surface area contributed by atoms with Crippen molar-refractivity contribution in [3.63, 3.8) is 0 Å².